The van der Waals surface area contributed by atoms with Gasteiger partial charge in [0.05, 0.1) is 31.1 Å². The monoisotopic (exact) mass is 673 g/mol. The second-order valence-electron chi connectivity index (χ2n) is 9.72. The van der Waals surface area contributed by atoms with Gasteiger partial charge in [0.25, 0.3) is 5.91 Å². The Balaban J connectivity index is 1.49. The molecule has 230 valence electrons. The number of furan rings is 1. The third kappa shape index (κ3) is 6.91. The maximum absolute atomic E-state index is 13.6. The highest BCUT2D eigenvalue weighted by molar-refractivity contribution is 8.00. The van der Waals surface area contributed by atoms with Crippen LogP contribution in [-0.4, -0.2) is 40.2 Å². The number of anilines is 1. The highest BCUT2D eigenvalue weighted by atomic mass is 35.5. The van der Waals surface area contributed by atoms with Crippen molar-refractivity contribution in [1.82, 2.24) is 10.2 Å². The van der Waals surface area contributed by atoms with E-state index in [4.69, 9.17) is 37.1 Å². The van der Waals surface area contributed by atoms with Crippen LogP contribution in [0, 0.1) is 0 Å². The third-order valence-corrected chi connectivity index (χ3v) is 9.45. The molecular weight excluding hydrogens is 645 g/mol. The molecule has 0 saturated heterocycles. The van der Waals surface area contributed by atoms with Gasteiger partial charge in [0.15, 0.2) is 27.4 Å². The number of aromatic nitrogens is 2. The third-order valence-electron chi connectivity index (χ3n) is 6.75. The van der Waals surface area contributed by atoms with Gasteiger partial charge < -0.3 is 19.0 Å². The second kappa shape index (κ2) is 14.5. The first kappa shape index (κ1) is 31.9. The Morgan fingerprint density at radius 3 is 2.66 bits per heavy atom. The largest absolute Gasteiger partial charge is 0.503 e. The molecule has 5 rings (SSSR count). The van der Waals surface area contributed by atoms with Crippen molar-refractivity contribution < 1.29 is 28.6 Å². The van der Waals surface area contributed by atoms with E-state index in [0.29, 0.717) is 50.4 Å². The molecule has 1 aliphatic rings. The topological polar surface area (TPSA) is 115 Å². The van der Waals surface area contributed by atoms with Gasteiger partial charge in [-0.3, -0.25) is 14.5 Å². The zero-order valence-electron chi connectivity index (χ0n) is 23.9. The number of nitrogens with zero attached hydrogens (tertiary/aromatic N) is 3. The Labute approximate surface area is 272 Å². The number of aliphatic hydroxyl groups excluding tert-OH is 1. The van der Waals surface area contributed by atoms with Gasteiger partial charge in [-0.1, -0.05) is 78.2 Å². The normalized spacial score (nSPS) is 14.9. The number of ether oxygens (including phenoxy) is 2. The van der Waals surface area contributed by atoms with Gasteiger partial charge in [-0.15, -0.1) is 10.2 Å². The summed E-state index contributed by atoms with van der Waals surface area (Å²) in [4.78, 5) is 28.5. The van der Waals surface area contributed by atoms with E-state index in [1.54, 1.807) is 36.4 Å². The molecule has 0 aliphatic carbocycles. The second-order valence-corrected chi connectivity index (χ2v) is 12.7. The zero-order chi connectivity index (χ0) is 31.2. The molecule has 1 unspecified atom stereocenters. The van der Waals surface area contributed by atoms with Gasteiger partial charge in [0, 0.05) is 15.8 Å². The summed E-state index contributed by atoms with van der Waals surface area (Å²) in [6.07, 6.45) is 4.36. The molecule has 13 heteroatoms. The fraction of sp³-hybridized carbons (Fsp3) is 0.290. The maximum atomic E-state index is 13.6. The molecule has 2 aromatic carbocycles. The first-order chi connectivity index (χ1) is 21.3. The van der Waals surface area contributed by atoms with E-state index in [0.717, 1.165) is 36.2 Å². The van der Waals surface area contributed by atoms with E-state index in [-0.39, 0.29) is 16.5 Å². The average molecular weight is 675 g/mol. The summed E-state index contributed by atoms with van der Waals surface area (Å²) in [5.74, 6) is -0.611. The van der Waals surface area contributed by atoms with E-state index < -0.39 is 23.5 Å². The van der Waals surface area contributed by atoms with Crippen molar-refractivity contribution in [2.24, 2.45) is 0 Å². The molecule has 0 saturated carbocycles. The molecule has 9 nitrogen and oxygen atoms in total. The van der Waals surface area contributed by atoms with Crippen LogP contribution >= 0.6 is 46.3 Å². The van der Waals surface area contributed by atoms with E-state index in [1.165, 1.54) is 29.0 Å². The van der Waals surface area contributed by atoms with Crippen LogP contribution in [0.3, 0.4) is 0 Å². The molecule has 3 heterocycles. The number of amides is 1. The van der Waals surface area contributed by atoms with E-state index in [1.807, 2.05) is 13.0 Å². The molecule has 0 spiro atoms. The standard InChI is InChI=1S/C31H29Cl2N3O6S2/c1-3-5-6-13-41-22-12-10-18(15-24(22)40-4-2)26-25(27(37)23-8-7-14-42-23)28(38)29(39)36(26)30-34-35-31(44-30)43-17-19-9-11-20(32)16-21(19)33/h7-12,14-16,26,38H,3-6,13,17H2,1-2H3. The van der Waals surface area contributed by atoms with Gasteiger partial charge >= 0.3 is 0 Å². The van der Waals surface area contributed by atoms with Crippen LogP contribution in [0.4, 0.5) is 5.13 Å². The highest BCUT2D eigenvalue weighted by Crippen LogP contribution is 2.45. The molecular formula is C31H29Cl2N3O6S2. The number of thioether (sulfide) groups is 1. The zero-order valence-corrected chi connectivity index (χ0v) is 27.1. The molecule has 1 atom stereocenters. The Kier molecular flexibility index (Phi) is 10.5. The van der Waals surface area contributed by atoms with Crippen molar-refractivity contribution in [1.29, 1.82) is 0 Å². The number of aliphatic hydroxyl groups is 1. The molecule has 44 heavy (non-hydrogen) atoms. The number of halogens is 2. The molecule has 1 N–H and O–H groups in total. The molecule has 0 bridgehead atoms. The molecule has 1 amide bonds. The van der Waals surface area contributed by atoms with Gasteiger partial charge in [-0.25, -0.2) is 0 Å². The van der Waals surface area contributed by atoms with E-state index in [2.05, 4.69) is 17.1 Å². The molecule has 0 radical (unpaired) electrons. The maximum Gasteiger partial charge on any atom is 0.296 e. The number of hydrogen-bond acceptors (Lipinski definition) is 10. The van der Waals surface area contributed by atoms with Crippen LogP contribution in [0.15, 0.2) is 74.9 Å². The Morgan fingerprint density at radius 2 is 1.93 bits per heavy atom. The highest BCUT2D eigenvalue weighted by Gasteiger charge is 2.47. The minimum absolute atomic E-state index is 0.0135. The van der Waals surface area contributed by atoms with Crippen LogP contribution in [0.5, 0.6) is 11.5 Å². The summed E-state index contributed by atoms with van der Waals surface area (Å²) < 4.78 is 17.8. The summed E-state index contributed by atoms with van der Waals surface area (Å²) in [5, 5.41) is 20.9. The van der Waals surface area contributed by atoms with Crippen molar-refractivity contribution in [3.8, 4) is 11.5 Å². The number of Topliss-reactive ketones (excluding diaryl/α,β-unsaturated/α-hetero) is 1. The smallest absolute Gasteiger partial charge is 0.296 e. The average Bonchev–Trinajstić information content (AvgIpc) is 3.76. The summed E-state index contributed by atoms with van der Waals surface area (Å²) in [5.41, 5.74) is 1.24. The summed E-state index contributed by atoms with van der Waals surface area (Å²) in [6.45, 7) is 4.87. The van der Waals surface area contributed by atoms with Crippen LogP contribution < -0.4 is 14.4 Å². The van der Waals surface area contributed by atoms with Crippen LogP contribution in [0.1, 0.15) is 60.8 Å². The predicted octanol–water partition coefficient (Wildman–Crippen LogP) is 8.48. The fourth-order valence-electron chi connectivity index (χ4n) is 4.64. The SMILES string of the molecule is CCCCCOc1ccc(C2C(C(=O)c3ccco3)=C(O)C(=O)N2c2nnc(SCc3ccc(Cl)cc3Cl)s2)cc1OCC. The summed E-state index contributed by atoms with van der Waals surface area (Å²) in [7, 11) is 0. The Morgan fingerprint density at radius 1 is 1.09 bits per heavy atom. The van der Waals surface area contributed by atoms with E-state index >= 15 is 0 Å². The van der Waals surface area contributed by atoms with Crippen molar-refractivity contribution >= 4 is 63.1 Å². The van der Waals surface area contributed by atoms with Gasteiger partial charge in [0.1, 0.15) is 0 Å². The lowest BCUT2D eigenvalue weighted by Crippen LogP contribution is -2.31. The summed E-state index contributed by atoms with van der Waals surface area (Å²) in [6, 6.07) is 12.5. The van der Waals surface area contributed by atoms with Gasteiger partial charge in [-0.05, 0) is 60.9 Å². The molecule has 4 aromatic rings. The number of benzene rings is 2. The van der Waals surface area contributed by atoms with Crippen LogP contribution in [0.25, 0.3) is 0 Å². The van der Waals surface area contributed by atoms with Crippen molar-refractivity contribution in [3.05, 3.63) is 93.1 Å². The lowest BCUT2D eigenvalue weighted by Gasteiger charge is -2.25. The van der Waals surface area contributed by atoms with Crippen molar-refractivity contribution in [3.63, 3.8) is 0 Å². The molecule has 0 fully saturated rings. The van der Waals surface area contributed by atoms with Gasteiger partial charge in [-0.2, -0.15) is 0 Å². The quantitative estimate of drug-likeness (QED) is 0.0609. The first-order valence-electron chi connectivity index (χ1n) is 14.0. The molecule has 1 aliphatic heterocycles. The number of rotatable bonds is 14. The number of carbonyl (C=O) groups excluding carboxylic acids is 2. The van der Waals surface area contributed by atoms with Crippen LogP contribution in [0.2, 0.25) is 10.0 Å². The molecule has 2 aromatic heterocycles. The predicted molar refractivity (Wildman–Crippen MR) is 171 cm³/mol. The summed E-state index contributed by atoms with van der Waals surface area (Å²) >= 11 is 14.9. The van der Waals surface area contributed by atoms with Crippen molar-refractivity contribution in [2.45, 2.75) is 49.2 Å². The minimum Gasteiger partial charge on any atom is -0.503 e. The lowest BCUT2D eigenvalue weighted by atomic mass is 9.95. The number of ketones is 1. The number of unbranched alkanes of at least 4 members (excludes halogenated alkanes) is 2. The lowest BCUT2D eigenvalue weighted by molar-refractivity contribution is -0.117. The number of hydrogen-bond donors (Lipinski definition) is 1. The van der Waals surface area contributed by atoms with Crippen molar-refractivity contribution in [2.75, 3.05) is 18.1 Å². The van der Waals surface area contributed by atoms with E-state index in [9.17, 15) is 14.7 Å². The Bertz CT molecular complexity index is 1670. The van der Waals surface area contributed by atoms with Gasteiger partial charge in [0.2, 0.25) is 10.9 Å². The Hall–Kier alpha value is -3.51. The minimum atomic E-state index is -1.04. The van der Waals surface area contributed by atoms with Crippen LogP contribution in [-0.2, 0) is 10.5 Å². The first-order valence-corrected chi connectivity index (χ1v) is 16.5. The fourth-order valence-corrected chi connectivity index (χ4v) is 7.07. The number of carbonyl (C=O) groups is 2.